The van der Waals surface area contributed by atoms with Crippen molar-refractivity contribution in [3.63, 3.8) is 0 Å². The lowest BCUT2D eigenvalue weighted by molar-refractivity contribution is 0.358. The molecule has 1 unspecified atom stereocenters. The van der Waals surface area contributed by atoms with Gasteiger partial charge in [-0.05, 0) is 39.4 Å². The zero-order chi connectivity index (χ0) is 16.2. The molecule has 0 spiro atoms. The quantitative estimate of drug-likeness (QED) is 0.407. The second kappa shape index (κ2) is 9.10. The van der Waals surface area contributed by atoms with Crippen LogP contribution in [0.5, 0.6) is 0 Å². The topological polar surface area (TPSA) is 67.1 Å². The summed E-state index contributed by atoms with van der Waals surface area (Å²) in [5, 5.41) is 15.3. The van der Waals surface area contributed by atoms with Crippen molar-refractivity contribution in [2.75, 3.05) is 26.4 Å². The van der Waals surface area contributed by atoms with E-state index in [2.05, 4.69) is 50.5 Å². The summed E-state index contributed by atoms with van der Waals surface area (Å²) in [5.41, 5.74) is 0. The number of thioether (sulfide) groups is 1. The molecule has 6 nitrogen and oxygen atoms in total. The lowest BCUT2D eigenvalue weighted by Gasteiger charge is -2.26. The van der Waals surface area contributed by atoms with Gasteiger partial charge in [0.15, 0.2) is 5.96 Å². The van der Waals surface area contributed by atoms with E-state index in [1.165, 1.54) is 0 Å². The molecule has 0 amide bonds. The molecule has 1 aliphatic rings. The molecule has 0 bridgehead atoms. The van der Waals surface area contributed by atoms with Crippen molar-refractivity contribution < 1.29 is 0 Å². The van der Waals surface area contributed by atoms with Crippen molar-refractivity contribution in [3.05, 3.63) is 11.6 Å². The molecule has 132 valence electrons. The van der Waals surface area contributed by atoms with Gasteiger partial charge in [-0.3, -0.25) is 4.99 Å². The van der Waals surface area contributed by atoms with Crippen LogP contribution >= 0.6 is 35.7 Å². The number of aliphatic imine (C=N–C) groups is 1. The first-order valence-corrected chi connectivity index (χ1v) is 9.06. The zero-order valence-electron chi connectivity index (χ0n) is 14.7. The van der Waals surface area contributed by atoms with Crippen LogP contribution in [0, 0.1) is 12.8 Å². The standard InChI is InChI=1S/C15H28N6S.HI/c1-11-19-20-13-7-6-12(9-21(11)13)8-17-14(16-4)18-10-15(2,3)22-5;/h12H,6-10H2,1-5H3,(H2,16,17,18);1H. The summed E-state index contributed by atoms with van der Waals surface area (Å²) in [7, 11) is 1.82. The molecule has 1 aromatic rings. The molecule has 0 radical (unpaired) electrons. The van der Waals surface area contributed by atoms with Gasteiger partial charge in [-0.2, -0.15) is 11.8 Å². The van der Waals surface area contributed by atoms with Gasteiger partial charge < -0.3 is 15.2 Å². The average molecular weight is 452 g/mol. The fourth-order valence-electron chi connectivity index (χ4n) is 2.53. The van der Waals surface area contributed by atoms with E-state index in [1.807, 2.05) is 25.7 Å². The van der Waals surface area contributed by atoms with Crippen molar-refractivity contribution in [1.82, 2.24) is 25.4 Å². The third kappa shape index (κ3) is 5.81. The molecule has 2 N–H and O–H groups in total. The Hall–Kier alpha value is -0.510. The molecule has 0 fully saturated rings. The van der Waals surface area contributed by atoms with E-state index in [0.717, 1.165) is 50.1 Å². The molecule has 2 heterocycles. The number of fused-ring (bicyclic) bond motifs is 1. The minimum atomic E-state index is 0. The number of aromatic nitrogens is 3. The summed E-state index contributed by atoms with van der Waals surface area (Å²) < 4.78 is 2.44. The van der Waals surface area contributed by atoms with Crippen molar-refractivity contribution in [3.8, 4) is 0 Å². The van der Waals surface area contributed by atoms with Crippen LogP contribution in [0.25, 0.3) is 0 Å². The maximum atomic E-state index is 4.32. The van der Waals surface area contributed by atoms with Crippen molar-refractivity contribution in [1.29, 1.82) is 0 Å². The maximum Gasteiger partial charge on any atom is 0.191 e. The van der Waals surface area contributed by atoms with E-state index in [1.54, 1.807) is 0 Å². The van der Waals surface area contributed by atoms with Gasteiger partial charge in [-0.15, -0.1) is 34.2 Å². The molecule has 0 saturated carbocycles. The van der Waals surface area contributed by atoms with Crippen LogP contribution in [-0.4, -0.2) is 51.9 Å². The molecule has 2 rings (SSSR count). The Morgan fingerprint density at radius 1 is 1.39 bits per heavy atom. The van der Waals surface area contributed by atoms with Crippen LogP contribution < -0.4 is 10.6 Å². The van der Waals surface area contributed by atoms with Crippen LogP contribution in [0.2, 0.25) is 0 Å². The van der Waals surface area contributed by atoms with Gasteiger partial charge in [-0.1, -0.05) is 0 Å². The number of halogens is 1. The van der Waals surface area contributed by atoms with E-state index in [0.29, 0.717) is 5.92 Å². The first kappa shape index (κ1) is 20.5. The van der Waals surface area contributed by atoms with Gasteiger partial charge in [0.2, 0.25) is 0 Å². The largest absolute Gasteiger partial charge is 0.356 e. The van der Waals surface area contributed by atoms with Crippen molar-refractivity contribution in [2.45, 2.75) is 44.9 Å². The first-order chi connectivity index (χ1) is 10.4. The van der Waals surface area contributed by atoms with Crippen molar-refractivity contribution >= 4 is 41.7 Å². The predicted molar refractivity (Wildman–Crippen MR) is 109 cm³/mol. The number of nitrogens with one attached hydrogen (secondary N) is 2. The van der Waals surface area contributed by atoms with Gasteiger partial charge in [0, 0.05) is 37.8 Å². The highest BCUT2D eigenvalue weighted by Crippen LogP contribution is 2.20. The van der Waals surface area contributed by atoms with E-state index in [4.69, 9.17) is 0 Å². The van der Waals surface area contributed by atoms with E-state index < -0.39 is 0 Å². The van der Waals surface area contributed by atoms with Crippen LogP contribution in [-0.2, 0) is 13.0 Å². The Morgan fingerprint density at radius 2 is 2.13 bits per heavy atom. The molecule has 1 aliphatic heterocycles. The lowest BCUT2D eigenvalue weighted by atomic mass is 9.99. The number of rotatable bonds is 5. The fourth-order valence-corrected chi connectivity index (χ4v) is 2.74. The van der Waals surface area contributed by atoms with Gasteiger partial charge in [-0.25, -0.2) is 0 Å². The Kier molecular flexibility index (Phi) is 8.12. The van der Waals surface area contributed by atoms with E-state index >= 15 is 0 Å². The van der Waals surface area contributed by atoms with Gasteiger partial charge in [0.1, 0.15) is 11.6 Å². The highest BCUT2D eigenvalue weighted by molar-refractivity contribution is 14.0. The number of hydrogen-bond acceptors (Lipinski definition) is 4. The zero-order valence-corrected chi connectivity index (χ0v) is 17.9. The number of nitrogens with zero attached hydrogens (tertiary/aromatic N) is 4. The van der Waals surface area contributed by atoms with Crippen LogP contribution in [0.3, 0.4) is 0 Å². The van der Waals surface area contributed by atoms with Gasteiger partial charge in [0.05, 0.1) is 0 Å². The third-order valence-electron chi connectivity index (χ3n) is 4.25. The highest BCUT2D eigenvalue weighted by atomic mass is 127. The number of guanidine groups is 1. The molecule has 1 atom stereocenters. The normalized spacial score (nSPS) is 18.1. The summed E-state index contributed by atoms with van der Waals surface area (Å²) in [6.45, 7) is 9.31. The molecule has 8 heteroatoms. The predicted octanol–water partition coefficient (Wildman–Crippen LogP) is 2.07. The van der Waals surface area contributed by atoms with Crippen LogP contribution in [0.15, 0.2) is 4.99 Å². The molecular formula is C15H29IN6S. The Balaban J connectivity index is 0.00000264. The lowest BCUT2D eigenvalue weighted by Crippen LogP contribution is -2.45. The molecule has 1 aromatic heterocycles. The Morgan fingerprint density at radius 3 is 2.78 bits per heavy atom. The van der Waals surface area contributed by atoms with Gasteiger partial charge in [0.25, 0.3) is 0 Å². The van der Waals surface area contributed by atoms with Crippen molar-refractivity contribution in [2.24, 2.45) is 10.9 Å². The smallest absolute Gasteiger partial charge is 0.191 e. The number of aryl methyl sites for hydroxylation is 2. The highest BCUT2D eigenvalue weighted by Gasteiger charge is 2.22. The van der Waals surface area contributed by atoms with Crippen LogP contribution in [0.1, 0.15) is 31.9 Å². The molecule has 0 aromatic carbocycles. The summed E-state index contributed by atoms with van der Waals surface area (Å²) in [4.78, 5) is 4.32. The van der Waals surface area contributed by atoms with E-state index in [9.17, 15) is 0 Å². The second-order valence-electron chi connectivity index (χ2n) is 6.45. The summed E-state index contributed by atoms with van der Waals surface area (Å²) >= 11 is 1.86. The average Bonchev–Trinajstić information content (AvgIpc) is 2.88. The third-order valence-corrected chi connectivity index (χ3v) is 5.49. The van der Waals surface area contributed by atoms with Crippen LogP contribution in [0.4, 0.5) is 0 Å². The van der Waals surface area contributed by atoms with Gasteiger partial charge >= 0.3 is 0 Å². The molecule has 0 saturated heterocycles. The molecular weight excluding hydrogens is 423 g/mol. The summed E-state index contributed by atoms with van der Waals surface area (Å²) in [6.07, 6.45) is 4.30. The minimum Gasteiger partial charge on any atom is -0.356 e. The summed E-state index contributed by atoms with van der Waals surface area (Å²) in [5.74, 6) is 3.62. The molecule has 0 aliphatic carbocycles. The SMILES string of the molecule is CN=C(NCC1CCc2nnc(C)n2C1)NCC(C)(C)SC.I. The molecule has 23 heavy (non-hydrogen) atoms. The van der Waals surface area contributed by atoms with E-state index in [-0.39, 0.29) is 28.7 Å². The summed E-state index contributed by atoms with van der Waals surface area (Å²) in [6, 6.07) is 0. The number of hydrogen-bond donors (Lipinski definition) is 2. The monoisotopic (exact) mass is 452 g/mol. The Labute approximate surface area is 160 Å². The maximum absolute atomic E-state index is 4.32. The minimum absolute atomic E-state index is 0. The second-order valence-corrected chi connectivity index (χ2v) is 7.96. The first-order valence-electron chi connectivity index (χ1n) is 7.83. The fraction of sp³-hybridized carbons (Fsp3) is 0.800. The Bertz CT molecular complexity index is 528.